The van der Waals surface area contributed by atoms with Crippen LogP contribution in [-0.4, -0.2) is 11.9 Å². The van der Waals surface area contributed by atoms with Crippen molar-refractivity contribution in [2.45, 2.75) is 6.61 Å². The van der Waals surface area contributed by atoms with Crippen LogP contribution < -0.4 is 4.74 Å². The van der Waals surface area contributed by atoms with E-state index in [1.807, 2.05) is 30.3 Å². The SMILES string of the molecule is O=C1OC(=O)c2ccc(OCc3cccc4ccccc34)c3cccc1c23. The van der Waals surface area contributed by atoms with E-state index in [9.17, 15) is 9.59 Å². The van der Waals surface area contributed by atoms with Gasteiger partial charge < -0.3 is 9.47 Å². The zero-order valence-electron chi connectivity index (χ0n) is 14.3. The van der Waals surface area contributed by atoms with Crippen molar-refractivity contribution in [3.63, 3.8) is 0 Å². The Morgan fingerprint density at radius 1 is 0.704 bits per heavy atom. The van der Waals surface area contributed by atoms with Crippen LogP contribution in [0.5, 0.6) is 5.75 Å². The number of esters is 2. The molecule has 4 nitrogen and oxygen atoms in total. The Morgan fingerprint density at radius 2 is 1.41 bits per heavy atom. The van der Waals surface area contributed by atoms with Crippen LogP contribution in [0.3, 0.4) is 0 Å². The van der Waals surface area contributed by atoms with Crippen molar-refractivity contribution in [1.29, 1.82) is 0 Å². The third-order valence-electron chi connectivity index (χ3n) is 4.89. The minimum atomic E-state index is -0.621. The molecule has 0 atom stereocenters. The molecule has 1 aliphatic rings. The van der Waals surface area contributed by atoms with E-state index in [4.69, 9.17) is 9.47 Å². The molecule has 0 unspecified atom stereocenters. The summed E-state index contributed by atoms with van der Waals surface area (Å²) in [5.41, 5.74) is 1.85. The van der Waals surface area contributed by atoms with Gasteiger partial charge in [-0.3, -0.25) is 0 Å². The maximum Gasteiger partial charge on any atom is 0.346 e. The molecule has 27 heavy (non-hydrogen) atoms. The van der Waals surface area contributed by atoms with Gasteiger partial charge in [-0.2, -0.15) is 0 Å². The summed E-state index contributed by atoms with van der Waals surface area (Å²) < 4.78 is 10.9. The summed E-state index contributed by atoms with van der Waals surface area (Å²) in [4.78, 5) is 24.1. The molecule has 0 bridgehead atoms. The van der Waals surface area contributed by atoms with Crippen molar-refractivity contribution in [3.05, 3.63) is 89.5 Å². The topological polar surface area (TPSA) is 52.6 Å². The lowest BCUT2D eigenvalue weighted by Gasteiger charge is -2.18. The number of ether oxygens (including phenoxy) is 2. The van der Waals surface area contributed by atoms with Gasteiger partial charge in [0.1, 0.15) is 12.4 Å². The Hall–Kier alpha value is -3.66. The first-order valence-electron chi connectivity index (χ1n) is 8.64. The van der Waals surface area contributed by atoms with Crippen molar-refractivity contribution in [2.24, 2.45) is 0 Å². The number of hydrogen-bond acceptors (Lipinski definition) is 4. The maximum atomic E-state index is 12.0. The van der Waals surface area contributed by atoms with Gasteiger partial charge in [0.05, 0.1) is 11.1 Å². The minimum Gasteiger partial charge on any atom is -0.488 e. The highest BCUT2D eigenvalue weighted by Crippen LogP contribution is 2.35. The predicted octanol–water partition coefficient (Wildman–Crippen LogP) is 4.88. The number of carbonyl (C=O) groups is 2. The van der Waals surface area contributed by atoms with Gasteiger partial charge >= 0.3 is 11.9 Å². The molecule has 5 rings (SSSR count). The molecular formula is C23H14O4. The normalized spacial score (nSPS) is 13.0. The molecule has 4 aromatic rings. The summed E-state index contributed by atoms with van der Waals surface area (Å²) in [7, 11) is 0. The molecule has 1 aliphatic heterocycles. The number of hydrogen-bond donors (Lipinski definition) is 0. The summed E-state index contributed by atoms with van der Waals surface area (Å²) in [5, 5.41) is 3.62. The van der Waals surface area contributed by atoms with Crippen LogP contribution in [-0.2, 0) is 11.3 Å². The molecular weight excluding hydrogens is 340 g/mol. The molecule has 0 aliphatic carbocycles. The molecule has 0 saturated heterocycles. The largest absolute Gasteiger partial charge is 0.488 e. The Bertz CT molecular complexity index is 1210. The molecule has 0 radical (unpaired) electrons. The van der Waals surface area contributed by atoms with E-state index in [2.05, 4.69) is 18.2 Å². The van der Waals surface area contributed by atoms with Crippen molar-refractivity contribution in [2.75, 3.05) is 0 Å². The lowest BCUT2D eigenvalue weighted by molar-refractivity contribution is 0.0391. The second-order valence-electron chi connectivity index (χ2n) is 6.44. The predicted molar refractivity (Wildman–Crippen MR) is 102 cm³/mol. The number of rotatable bonds is 3. The molecule has 0 saturated carbocycles. The molecule has 0 spiro atoms. The fraction of sp³-hybridized carbons (Fsp3) is 0.0435. The quantitative estimate of drug-likeness (QED) is 0.389. The van der Waals surface area contributed by atoms with E-state index in [1.54, 1.807) is 24.3 Å². The number of fused-ring (bicyclic) bond motifs is 1. The van der Waals surface area contributed by atoms with Gasteiger partial charge in [0, 0.05) is 10.8 Å². The van der Waals surface area contributed by atoms with Crippen molar-refractivity contribution in [1.82, 2.24) is 0 Å². The highest BCUT2D eigenvalue weighted by Gasteiger charge is 2.28. The number of cyclic esters (lactones) is 2. The number of benzene rings is 4. The molecule has 130 valence electrons. The highest BCUT2D eigenvalue weighted by atomic mass is 16.6. The fourth-order valence-electron chi connectivity index (χ4n) is 3.61. The van der Waals surface area contributed by atoms with Crippen molar-refractivity contribution >= 4 is 33.5 Å². The average molecular weight is 354 g/mol. The Morgan fingerprint density at radius 3 is 2.30 bits per heavy atom. The zero-order chi connectivity index (χ0) is 18.4. The van der Waals surface area contributed by atoms with Crippen LogP contribution in [0.1, 0.15) is 26.3 Å². The number of carbonyl (C=O) groups excluding carboxylic acids is 2. The first kappa shape index (κ1) is 15.6. The smallest absolute Gasteiger partial charge is 0.346 e. The van der Waals surface area contributed by atoms with E-state index < -0.39 is 11.9 Å². The molecule has 0 aromatic heterocycles. The van der Waals surface area contributed by atoms with E-state index >= 15 is 0 Å². The molecule has 0 fully saturated rings. The zero-order valence-corrected chi connectivity index (χ0v) is 14.3. The van der Waals surface area contributed by atoms with Gasteiger partial charge in [0.15, 0.2) is 0 Å². The van der Waals surface area contributed by atoms with E-state index in [1.165, 1.54) is 0 Å². The van der Waals surface area contributed by atoms with Crippen molar-refractivity contribution in [3.8, 4) is 5.75 Å². The summed E-state index contributed by atoms with van der Waals surface area (Å²) in [5.74, 6) is -0.611. The summed E-state index contributed by atoms with van der Waals surface area (Å²) in [6.45, 7) is 0.387. The summed E-state index contributed by atoms with van der Waals surface area (Å²) in [6, 6.07) is 23.0. The molecule has 1 heterocycles. The lowest BCUT2D eigenvalue weighted by Crippen LogP contribution is -2.19. The van der Waals surface area contributed by atoms with E-state index in [-0.39, 0.29) is 0 Å². The first-order chi connectivity index (χ1) is 13.2. The van der Waals surface area contributed by atoms with E-state index in [0.29, 0.717) is 28.9 Å². The monoisotopic (exact) mass is 354 g/mol. The van der Waals surface area contributed by atoms with Gasteiger partial charge in [-0.1, -0.05) is 54.6 Å². The Labute approximate surface area is 154 Å². The lowest BCUT2D eigenvalue weighted by atomic mass is 9.96. The Kier molecular flexibility index (Phi) is 3.44. The summed E-state index contributed by atoms with van der Waals surface area (Å²) >= 11 is 0. The molecule has 0 amide bonds. The van der Waals surface area contributed by atoms with Crippen LogP contribution in [0.4, 0.5) is 0 Å². The van der Waals surface area contributed by atoms with Gasteiger partial charge in [-0.25, -0.2) is 9.59 Å². The highest BCUT2D eigenvalue weighted by molar-refractivity contribution is 6.21. The van der Waals surface area contributed by atoms with Crippen LogP contribution in [0, 0.1) is 0 Å². The fourth-order valence-corrected chi connectivity index (χ4v) is 3.61. The van der Waals surface area contributed by atoms with Crippen LogP contribution in [0.15, 0.2) is 72.8 Å². The second-order valence-corrected chi connectivity index (χ2v) is 6.44. The van der Waals surface area contributed by atoms with Crippen LogP contribution in [0.2, 0.25) is 0 Å². The van der Waals surface area contributed by atoms with E-state index in [0.717, 1.165) is 21.7 Å². The third kappa shape index (κ3) is 2.46. The second kappa shape index (κ2) is 5.95. The van der Waals surface area contributed by atoms with Crippen LogP contribution in [0.25, 0.3) is 21.5 Å². The maximum absolute atomic E-state index is 12.0. The first-order valence-corrected chi connectivity index (χ1v) is 8.64. The Balaban J connectivity index is 1.58. The van der Waals surface area contributed by atoms with Gasteiger partial charge in [0.25, 0.3) is 0 Å². The standard InChI is InChI=1S/C23H14O4/c24-22-18-10-4-9-17-20(12-11-19(21(17)18)23(25)27-22)26-13-15-7-3-6-14-5-1-2-8-16(14)15/h1-12H,13H2. The van der Waals surface area contributed by atoms with Gasteiger partial charge in [-0.15, -0.1) is 0 Å². The third-order valence-corrected chi connectivity index (χ3v) is 4.89. The minimum absolute atomic E-state index is 0.387. The van der Waals surface area contributed by atoms with Gasteiger partial charge in [0.2, 0.25) is 0 Å². The summed E-state index contributed by atoms with van der Waals surface area (Å²) in [6.07, 6.45) is 0. The van der Waals surface area contributed by atoms with Gasteiger partial charge in [-0.05, 0) is 34.5 Å². The van der Waals surface area contributed by atoms with Crippen molar-refractivity contribution < 1.29 is 19.1 Å². The molecule has 4 aromatic carbocycles. The average Bonchev–Trinajstić information content (AvgIpc) is 2.70. The molecule has 0 N–H and O–H groups in total. The molecule has 4 heteroatoms. The van der Waals surface area contributed by atoms with Crippen LogP contribution >= 0.6 is 0 Å².